The summed E-state index contributed by atoms with van der Waals surface area (Å²) in [5.41, 5.74) is 5.10. The van der Waals surface area contributed by atoms with Crippen LogP contribution in [0.4, 0.5) is 16.0 Å². The van der Waals surface area contributed by atoms with Crippen molar-refractivity contribution in [3.05, 3.63) is 113 Å². The summed E-state index contributed by atoms with van der Waals surface area (Å²) in [5, 5.41) is 3.81. The Hall–Kier alpha value is -3.60. The van der Waals surface area contributed by atoms with E-state index in [-0.39, 0.29) is 5.82 Å². The van der Waals surface area contributed by atoms with Crippen LogP contribution in [-0.2, 0) is 25.4 Å². The first kappa shape index (κ1) is 25.1. The summed E-state index contributed by atoms with van der Waals surface area (Å²) >= 11 is 0. The molecule has 1 aliphatic heterocycles. The van der Waals surface area contributed by atoms with E-state index >= 15 is 0 Å². The average molecular weight is 497 g/mol. The molecule has 1 saturated heterocycles. The number of halogens is 1. The Morgan fingerprint density at radius 3 is 2.46 bits per heavy atom. The van der Waals surface area contributed by atoms with Crippen molar-refractivity contribution in [3.63, 3.8) is 0 Å². The molecule has 0 bridgehead atoms. The minimum atomic E-state index is -0.708. The molecule has 1 fully saturated rings. The van der Waals surface area contributed by atoms with Crippen LogP contribution < -0.4 is 10.2 Å². The second-order valence-corrected chi connectivity index (χ2v) is 10.2. The van der Waals surface area contributed by atoms with E-state index in [0.29, 0.717) is 6.42 Å². The van der Waals surface area contributed by atoms with Crippen LogP contribution in [0.2, 0.25) is 0 Å². The number of anilines is 2. The Kier molecular flexibility index (Phi) is 7.59. The minimum absolute atomic E-state index is 0.237. The number of hydrogen-bond acceptors (Lipinski definition) is 3. The lowest BCUT2D eigenvalue weighted by Crippen LogP contribution is -2.41. The third-order valence-corrected chi connectivity index (χ3v) is 7.62. The van der Waals surface area contributed by atoms with Gasteiger partial charge >= 0.3 is 0 Å². The summed E-state index contributed by atoms with van der Waals surface area (Å²) in [4.78, 5) is 7.08. The molecule has 1 aliphatic rings. The Balaban J connectivity index is 1.66. The normalized spacial score (nSPS) is 15.1. The van der Waals surface area contributed by atoms with E-state index in [2.05, 4.69) is 70.7 Å². The summed E-state index contributed by atoms with van der Waals surface area (Å²) in [6.45, 7) is 4.46. The molecule has 0 spiro atoms. The van der Waals surface area contributed by atoms with Crippen molar-refractivity contribution in [1.82, 2.24) is 9.55 Å². The Morgan fingerprint density at radius 1 is 0.973 bits per heavy atom. The summed E-state index contributed by atoms with van der Waals surface area (Å²) in [5.74, 6) is 0.516. The fourth-order valence-electron chi connectivity index (χ4n) is 5.60. The van der Waals surface area contributed by atoms with Gasteiger partial charge in [-0.2, -0.15) is 0 Å². The summed E-state index contributed by atoms with van der Waals surface area (Å²) in [6, 6.07) is 24.6. The molecule has 4 nitrogen and oxygen atoms in total. The lowest BCUT2D eigenvalue weighted by atomic mass is 9.75. The molecule has 5 rings (SSSR count). The first-order valence-electron chi connectivity index (χ1n) is 13.5. The highest BCUT2D eigenvalue weighted by atomic mass is 19.1. The number of nitrogens with one attached hydrogen (secondary N) is 1. The van der Waals surface area contributed by atoms with Crippen LogP contribution >= 0.6 is 0 Å². The average Bonchev–Trinajstić information content (AvgIpc) is 3.60. The second-order valence-electron chi connectivity index (χ2n) is 10.2. The van der Waals surface area contributed by atoms with Crippen molar-refractivity contribution in [1.29, 1.82) is 0 Å². The highest BCUT2D eigenvalue weighted by Crippen LogP contribution is 2.39. The maximum absolute atomic E-state index is 14.8. The van der Waals surface area contributed by atoms with Gasteiger partial charge in [0.05, 0.1) is 5.54 Å². The van der Waals surface area contributed by atoms with Crippen LogP contribution in [0.5, 0.6) is 0 Å². The number of rotatable bonds is 10. The van der Waals surface area contributed by atoms with Gasteiger partial charge in [-0.25, -0.2) is 9.37 Å². The molecule has 37 heavy (non-hydrogen) atoms. The molecule has 1 aromatic heterocycles. The van der Waals surface area contributed by atoms with Gasteiger partial charge in [-0.15, -0.1) is 0 Å². The number of imidazole rings is 1. The predicted octanol–water partition coefficient (Wildman–Crippen LogP) is 7.10. The van der Waals surface area contributed by atoms with Crippen LogP contribution in [0.1, 0.15) is 54.9 Å². The van der Waals surface area contributed by atoms with Gasteiger partial charge in [0, 0.05) is 44.6 Å². The van der Waals surface area contributed by atoms with Gasteiger partial charge in [-0.1, -0.05) is 61.9 Å². The van der Waals surface area contributed by atoms with Gasteiger partial charge in [0.25, 0.3) is 0 Å². The van der Waals surface area contributed by atoms with Crippen LogP contribution in [0, 0.1) is 5.82 Å². The first-order chi connectivity index (χ1) is 18.1. The standard InChI is InChI=1S/C32H37FN4/c1-3-4-10-26-11-5-6-14-30(26)32(27-12-9-13-28(33)23-27,35-31-34-19-22-36(31)2)24-25-15-17-29(18-16-25)37-20-7-8-21-37/h5-6,9,11-19,22-23H,3-4,7-8,10,20-21,24H2,1-2H3,(H,34,35). The maximum Gasteiger partial charge on any atom is 0.203 e. The van der Waals surface area contributed by atoms with E-state index in [1.54, 1.807) is 12.3 Å². The highest BCUT2D eigenvalue weighted by Gasteiger charge is 2.37. The van der Waals surface area contributed by atoms with Crippen LogP contribution in [0.25, 0.3) is 0 Å². The topological polar surface area (TPSA) is 33.1 Å². The van der Waals surface area contributed by atoms with E-state index in [4.69, 9.17) is 0 Å². The molecular weight excluding hydrogens is 459 g/mol. The van der Waals surface area contributed by atoms with Gasteiger partial charge in [-0.05, 0) is 72.2 Å². The summed E-state index contributed by atoms with van der Waals surface area (Å²) in [7, 11) is 1.99. The molecule has 0 radical (unpaired) electrons. The Morgan fingerprint density at radius 2 is 1.76 bits per heavy atom. The molecule has 1 atom stereocenters. The smallest absolute Gasteiger partial charge is 0.203 e. The van der Waals surface area contributed by atoms with Crippen molar-refractivity contribution >= 4 is 11.6 Å². The van der Waals surface area contributed by atoms with Crippen molar-refractivity contribution < 1.29 is 4.39 Å². The van der Waals surface area contributed by atoms with Crippen molar-refractivity contribution in [3.8, 4) is 0 Å². The molecule has 1 unspecified atom stereocenters. The van der Waals surface area contributed by atoms with E-state index in [0.717, 1.165) is 43.9 Å². The molecule has 0 aliphatic carbocycles. The van der Waals surface area contributed by atoms with E-state index < -0.39 is 5.54 Å². The number of aryl methyl sites for hydroxylation is 2. The van der Waals surface area contributed by atoms with Crippen molar-refractivity contribution in [2.75, 3.05) is 23.3 Å². The van der Waals surface area contributed by atoms with Gasteiger partial charge < -0.3 is 14.8 Å². The molecule has 3 aromatic carbocycles. The molecule has 4 aromatic rings. The zero-order valence-corrected chi connectivity index (χ0v) is 22.0. The molecular formula is C32H37FN4. The lowest BCUT2D eigenvalue weighted by Gasteiger charge is -2.38. The maximum atomic E-state index is 14.8. The first-order valence-corrected chi connectivity index (χ1v) is 13.5. The Labute approximate surface area is 220 Å². The summed E-state index contributed by atoms with van der Waals surface area (Å²) < 4.78 is 16.8. The van der Waals surface area contributed by atoms with Gasteiger partial charge in [-0.3, -0.25) is 0 Å². The lowest BCUT2D eigenvalue weighted by molar-refractivity contribution is 0.555. The predicted molar refractivity (Wildman–Crippen MR) is 151 cm³/mol. The van der Waals surface area contributed by atoms with Gasteiger partial charge in [0.2, 0.25) is 5.95 Å². The highest BCUT2D eigenvalue weighted by molar-refractivity contribution is 5.54. The van der Waals surface area contributed by atoms with E-state index in [1.165, 1.54) is 41.3 Å². The molecule has 192 valence electrons. The minimum Gasteiger partial charge on any atom is -0.372 e. The largest absolute Gasteiger partial charge is 0.372 e. The fraction of sp³-hybridized carbons (Fsp3) is 0.344. The molecule has 1 N–H and O–H groups in total. The third-order valence-electron chi connectivity index (χ3n) is 7.62. The molecule has 2 heterocycles. The SMILES string of the molecule is CCCCc1ccccc1C(Cc1ccc(N2CCCC2)cc1)(Nc1nccn1C)c1cccc(F)c1. The van der Waals surface area contributed by atoms with Crippen LogP contribution in [-0.4, -0.2) is 22.6 Å². The summed E-state index contributed by atoms with van der Waals surface area (Å²) in [6.07, 6.45) is 10.1. The van der Waals surface area contributed by atoms with Crippen molar-refractivity contribution in [2.45, 2.75) is 51.0 Å². The number of unbranched alkanes of at least 4 members (excludes halogenated alkanes) is 1. The second kappa shape index (κ2) is 11.2. The number of hydrogen-bond donors (Lipinski definition) is 1. The molecule has 0 saturated carbocycles. The third kappa shape index (κ3) is 5.41. The van der Waals surface area contributed by atoms with Gasteiger partial charge in [0.15, 0.2) is 0 Å². The van der Waals surface area contributed by atoms with E-state index in [9.17, 15) is 4.39 Å². The number of aromatic nitrogens is 2. The number of nitrogens with zero attached hydrogens (tertiary/aromatic N) is 3. The number of benzene rings is 3. The zero-order valence-electron chi connectivity index (χ0n) is 22.0. The molecule has 0 amide bonds. The van der Waals surface area contributed by atoms with E-state index in [1.807, 2.05) is 29.9 Å². The zero-order chi connectivity index (χ0) is 25.7. The molecule has 5 heteroatoms. The van der Waals surface area contributed by atoms with Gasteiger partial charge in [0.1, 0.15) is 5.82 Å². The van der Waals surface area contributed by atoms with Crippen molar-refractivity contribution in [2.24, 2.45) is 7.05 Å². The Bertz CT molecular complexity index is 1310. The monoisotopic (exact) mass is 496 g/mol. The van der Waals surface area contributed by atoms with Crippen LogP contribution in [0.15, 0.2) is 85.2 Å². The quantitative estimate of drug-likeness (QED) is 0.254. The van der Waals surface area contributed by atoms with Crippen LogP contribution in [0.3, 0.4) is 0 Å². The fourth-order valence-corrected chi connectivity index (χ4v) is 5.60.